The SMILES string of the molecule is Nc1ncnc2c1c(-c1ccc(C(=O)Nc3ccccn3)cc1)c1n2CC(NC(=O)O)CC1. The quantitative estimate of drug-likeness (QED) is 0.379. The molecular formula is C23H21N7O3. The minimum Gasteiger partial charge on any atom is -0.465 e. The second-order valence-electron chi connectivity index (χ2n) is 7.82. The molecule has 0 fully saturated rings. The van der Waals surface area contributed by atoms with Crippen molar-refractivity contribution in [2.45, 2.75) is 25.4 Å². The first kappa shape index (κ1) is 20.4. The third-order valence-electron chi connectivity index (χ3n) is 5.78. The normalized spacial score (nSPS) is 15.1. The predicted molar refractivity (Wildman–Crippen MR) is 123 cm³/mol. The Morgan fingerprint density at radius 1 is 1.09 bits per heavy atom. The minimum atomic E-state index is -1.05. The van der Waals surface area contributed by atoms with Gasteiger partial charge in [0.1, 0.15) is 23.6 Å². The fourth-order valence-electron chi connectivity index (χ4n) is 4.34. The van der Waals surface area contributed by atoms with Gasteiger partial charge in [-0.05, 0) is 42.7 Å². The number of fused-ring (bicyclic) bond motifs is 3. The molecule has 10 heteroatoms. The molecule has 1 aromatic carbocycles. The number of anilines is 2. The molecule has 1 aliphatic rings. The van der Waals surface area contributed by atoms with Crippen molar-refractivity contribution >= 4 is 34.7 Å². The van der Waals surface area contributed by atoms with Crippen molar-refractivity contribution in [1.29, 1.82) is 0 Å². The lowest BCUT2D eigenvalue weighted by Gasteiger charge is -2.25. The number of rotatable bonds is 4. The van der Waals surface area contributed by atoms with Crippen LogP contribution in [0.15, 0.2) is 55.0 Å². The van der Waals surface area contributed by atoms with Crippen LogP contribution in [0.3, 0.4) is 0 Å². The van der Waals surface area contributed by atoms with E-state index in [1.807, 2.05) is 16.7 Å². The van der Waals surface area contributed by atoms with Gasteiger partial charge in [-0.2, -0.15) is 0 Å². The third kappa shape index (κ3) is 3.82. The number of pyridine rings is 1. The second kappa shape index (κ2) is 8.23. The number of hydrogen-bond donors (Lipinski definition) is 4. The topological polar surface area (TPSA) is 148 Å². The molecule has 0 saturated carbocycles. The Balaban J connectivity index is 1.51. The maximum atomic E-state index is 12.6. The van der Waals surface area contributed by atoms with Gasteiger partial charge in [-0.25, -0.2) is 19.7 Å². The van der Waals surface area contributed by atoms with Gasteiger partial charge < -0.3 is 26.0 Å². The smallest absolute Gasteiger partial charge is 0.404 e. The zero-order valence-corrected chi connectivity index (χ0v) is 17.5. The number of nitrogens with one attached hydrogen (secondary N) is 2. The molecule has 0 aliphatic carbocycles. The average Bonchev–Trinajstić information content (AvgIpc) is 3.14. The van der Waals surface area contributed by atoms with Crippen LogP contribution in [-0.2, 0) is 13.0 Å². The van der Waals surface area contributed by atoms with Crippen LogP contribution in [-0.4, -0.2) is 42.7 Å². The van der Waals surface area contributed by atoms with Crippen LogP contribution in [0.2, 0.25) is 0 Å². The highest BCUT2D eigenvalue weighted by Crippen LogP contribution is 2.39. The number of carbonyl (C=O) groups excluding carboxylic acids is 1. The Labute approximate surface area is 188 Å². The summed E-state index contributed by atoms with van der Waals surface area (Å²) < 4.78 is 2.01. The molecule has 2 amide bonds. The van der Waals surface area contributed by atoms with Crippen molar-refractivity contribution in [2.24, 2.45) is 0 Å². The lowest BCUT2D eigenvalue weighted by molar-refractivity contribution is 0.102. The van der Waals surface area contributed by atoms with E-state index < -0.39 is 6.09 Å². The van der Waals surface area contributed by atoms with E-state index in [9.17, 15) is 9.59 Å². The molecule has 3 aromatic heterocycles. The molecule has 0 spiro atoms. The van der Waals surface area contributed by atoms with Crippen LogP contribution >= 0.6 is 0 Å². The van der Waals surface area contributed by atoms with Crippen molar-refractivity contribution in [1.82, 2.24) is 24.8 Å². The predicted octanol–water partition coefficient (Wildman–Crippen LogP) is 2.91. The van der Waals surface area contributed by atoms with Crippen molar-refractivity contribution in [3.8, 4) is 11.1 Å². The van der Waals surface area contributed by atoms with E-state index >= 15 is 0 Å². The van der Waals surface area contributed by atoms with E-state index in [2.05, 4.69) is 25.6 Å². The average molecular weight is 443 g/mol. The van der Waals surface area contributed by atoms with Gasteiger partial charge in [0.25, 0.3) is 5.91 Å². The molecule has 0 radical (unpaired) electrons. The molecule has 5 N–H and O–H groups in total. The number of carboxylic acid groups (broad SMARTS) is 1. The van der Waals surface area contributed by atoms with Gasteiger partial charge in [-0.15, -0.1) is 0 Å². The number of hydrogen-bond acceptors (Lipinski definition) is 6. The Hall–Kier alpha value is -4.47. The van der Waals surface area contributed by atoms with Crippen molar-refractivity contribution in [3.05, 3.63) is 66.2 Å². The number of amides is 2. The molecule has 4 aromatic rings. The number of benzene rings is 1. The highest BCUT2D eigenvalue weighted by atomic mass is 16.4. The second-order valence-corrected chi connectivity index (χ2v) is 7.82. The highest BCUT2D eigenvalue weighted by molar-refractivity contribution is 6.05. The Kier molecular flexibility index (Phi) is 5.09. The van der Waals surface area contributed by atoms with Crippen LogP contribution in [0.1, 0.15) is 22.5 Å². The molecule has 5 rings (SSSR count). The Bertz CT molecular complexity index is 1350. The molecular weight excluding hydrogens is 422 g/mol. The summed E-state index contributed by atoms with van der Waals surface area (Å²) in [5.74, 6) is 0.583. The number of nitrogens with two attached hydrogens (primary N) is 1. The van der Waals surface area contributed by atoms with Crippen molar-refractivity contribution in [2.75, 3.05) is 11.1 Å². The summed E-state index contributed by atoms with van der Waals surface area (Å²) in [6, 6.07) is 12.3. The largest absolute Gasteiger partial charge is 0.465 e. The lowest BCUT2D eigenvalue weighted by atomic mass is 9.96. The molecule has 166 valence electrons. The van der Waals surface area contributed by atoms with Gasteiger partial charge in [0.05, 0.1) is 11.4 Å². The maximum Gasteiger partial charge on any atom is 0.404 e. The van der Waals surface area contributed by atoms with E-state index in [4.69, 9.17) is 10.8 Å². The molecule has 10 nitrogen and oxygen atoms in total. The van der Waals surface area contributed by atoms with Gasteiger partial charge >= 0.3 is 6.09 Å². The Morgan fingerprint density at radius 3 is 2.64 bits per heavy atom. The first-order valence-electron chi connectivity index (χ1n) is 10.4. The van der Waals surface area contributed by atoms with Crippen LogP contribution in [0, 0.1) is 0 Å². The van der Waals surface area contributed by atoms with Crippen LogP contribution in [0.5, 0.6) is 0 Å². The molecule has 0 bridgehead atoms. The molecule has 1 unspecified atom stereocenters. The minimum absolute atomic E-state index is 0.215. The Morgan fingerprint density at radius 2 is 1.91 bits per heavy atom. The van der Waals surface area contributed by atoms with Gasteiger partial charge in [0, 0.05) is 29.6 Å². The van der Waals surface area contributed by atoms with E-state index in [0.717, 1.165) is 22.2 Å². The van der Waals surface area contributed by atoms with Gasteiger partial charge in [-0.1, -0.05) is 18.2 Å². The standard InChI is InChI=1S/C23H21N7O3/c24-20-19-18(13-4-6-14(7-5-13)22(31)29-17-3-1-2-10-25-17)16-9-8-15(28-23(32)33)11-30(16)21(19)27-12-26-20/h1-7,10,12,15,28H,8-9,11H2,(H,32,33)(H2,24,26,27)(H,25,29,31). The number of nitrogen functional groups attached to an aromatic ring is 1. The number of nitrogens with zero attached hydrogens (tertiary/aromatic N) is 4. The lowest BCUT2D eigenvalue weighted by Crippen LogP contribution is -2.40. The van der Waals surface area contributed by atoms with Crippen LogP contribution in [0.25, 0.3) is 22.2 Å². The summed E-state index contributed by atoms with van der Waals surface area (Å²) in [4.78, 5) is 36.4. The maximum absolute atomic E-state index is 12.6. The number of aromatic nitrogens is 4. The fraction of sp³-hybridized carbons (Fsp3) is 0.174. The van der Waals surface area contributed by atoms with Crippen molar-refractivity contribution in [3.63, 3.8) is 0 Å². The summed E-state index contributed by atoms with van der Waals surface area (Å²) in [5, 5.41) is 15.2. The molecule has 4 heterocycles. The highest BCUT2D eigenvalue weighted by Gasteiger charge is 2.28. The zero-order valence-electron chi connectivity index (χ0n) is 17.5. The summed E-state index contributed by atoms with van der Waals surface area (Å²) >= 11 is 0. The first-order chi connectivity index (χ1) is 16.0. The van der Waals surface area contributed by atoms with E-state index in [1.54, 1.807) is 36.5 Å². The summed E-state index contributed by atoms with van der Waals surface area (Å²) in [7, 11) is 0. The first-order valence-corrected chi connectivity index (χ1v) is 10.4. The van der Waals surface area contributed by atoms with E-state index in [-0.39, 0.29) is 11.9 Å². The molecule has 0 saturated heterocycles. The van der Waals surface area contributed by atoms with Crippen LogP contribution < -0.4 is 16.4 Å². The third-order valence-corrected chi connectivity index (χ3v) is 5.78. The van der Waals surface area contributed by atoms with Crippen molar-refractivity contribution < 1.29 is 14.7 Å². The molecule has 33 heavy (non-hydrogen) atoms. The van der Waals surface area contributed by atoms with E-state index in [1.165, 1.54) is 6.33 Å². The van der Waals surface area contributed by atoms with E-state index in [0.29, 0.717) is 42.2 Å². The monoisotopic (exact) mass is 443 g/mol. The number of carbonyl (C=O) groups is 2. The van der Waals surface area contributed by atoms with Crippen LogP contribution in [0.4, 0.5) is 16.4 Å². The van der Waals surface area contributed by atoms with Gasteiger partial charge in [0.15, 0.2) is 0 Å². The zero-order chi connectivity index (χ0) is 22.9. The summed E-state index contributed by atoms with van der Waals surface area (Å²) in [6.45, 7) is 0.457. The summed E-state index contributed by atoms with van der Waals surface area (Å²) in [5.41, 5.74) is 10.2. The molecule has 1 aliphatic heterocycles. The van der Waals surface area contributed by atoms with Gasteiger partial charge in [0.2, 0.25) is 0 Å². The fourth-order valence-corrected chi connectivity index (χ4v) is 4.34. The molecule has 1 atom stereocenters. The van der Waals surface area contributed by atoms with Gasteiger partial charge in [-0.3, -0.25) is 4.79 Å². The summed E-state index contributed by atoms with van der Waals surface area (Å²) in [6.07, 6.45) is 3.29.